The Morgan fingerprint density at radius 3 is 2.89 bits per heavy atom. The molecule has 1 heterocycles. The highest BCUT2D eigenvalue weighted by atomic mass is 16.5. The monoisotopic (exact) mass is 265 g/mol. The minimum absolute atomic E-state index is 0.107. The zero-order valence-electron chi connectivity index (χ0n) is 12.1. The van der Waals surface area contributed by atoms with Crippen LogP contribution >= 0.6 is 0 Å². The molecule has 0 radical (unpaired) electrons. The topological polar surface area (TPSA) is 46.6 Å². The number of aromatic nitrogens is 1. The number of hydrogen-bond acceptors (Lipinski definition) is 5. The first-order valence-corrected chi connectivity index (χ1v) is 6.69. The smallest absolute Gasteiger partial charge is 0.103 e. The van der Waals surface area contributed by atoms with Gasteiger partial charge in [0, 0.05) is 34.0 Å². The van der Waals surface area contributed by atoms with Gasteiger partial charge in [-0.1, -0.05) is 0 Å². The summed E-state index contributed by atoms with van der Waals surface area (Å²) in [4.78, 5) is 6.26. The number of nitrogens with one attached hydrogen (secondary N) is 1. The Morgan fingerprint density at radius 1 is 1.47 bits per heavy atom. The molecular weight excluding hydrogens is 242 g/mol. The minimum atomic E-state index is 0.107. The first-order valence-electron chi connectivity index (χ1n) is 6.69. The molecule has 3 atom stereocenters. The van der Waals surface area contributed by atoms with Crippen molar-refractivity contribution < 1.29 is 9.47 Å². The van der Waals surface area contributed by atoms with Gasteiger partial charge in [-0.2, -0.15) is 0 Å². The van der Waals surface area contributed by atoms with Crippen molar-refractivity contribution in [3.63, 3.8) is 0 Å². The lowest BCUT2D eigenvalue weighted by Gasteiger charge is -2.44. The predicted octanol–water partition coefficient (Wildman–Crippen LogP) is 1.75. The second-order valence-corrected chi connectivity index (χ2v) is 4.97. The number of methoxy groups -OCH3 is 1. The van der Waals surface area contributed by atoms with Crippen molar-refractivity contribution in [2.45, 2.75) is 31.6 Å². The molecular formula is C14H23N3O2. The summed E-state index contributed by atoms with van der Waals surface area (Å²) in [5, 5.41) is 3.51. The van der Waals surface area contributed by atoms with Gasteiger partial charge in [0.2, 0.25) is 0 Å². The Labute approximate surface area is 114 Å². The van der Waals surface area contributed by atoms with Gasteiger partial charge in [0.1, 0.15) is 6.10 Å². The van der Waals surface area contributed by atoms with Crippen LogP contribution in [0.1, 0.15) is 13.3 Å². The van der Waals surface area contributed by atoms with E-state index >= 15 is 0 Å². The molecule has 2 rings (SSSR count). The molecule has 0 amide bonds. The van der Waals surface area contributed by atoms with Gasteiger partial charge < -0.3 is 19.7 Å². The molecule has 1 fully saturated rings. The maximum Gasteiger partial charge on any atom is 0.103 e. The van der Waals surface area contributed by atoms with Crippen LogP contribution in [0.25, 0.3) is 0 Å². The van der Waals surface area contributed by atoms with Crippen LogP contribution in [-0.2, 0) is 9.47 Å². The number of rotatable bonds is 6. The van der Waals surface area contributed by atoms with E-state index in [0.717, 1.165) is 24.4 Å². The number of hydrogen-bond donors (Lipinski definition) is 1. The third kappa shape index (κ3) is 2.98. The fraction of sp³-hybridized carbons (Fsp3) is 0.643. The average molecular weight is 265 g/mol. The van der Waals surface area contributed by atoms with E-state index in [9.17, 15) is 0 Å². The van der Waals surface area contributed by atoms with Gasteiger partial charge in [-0.05, 0) is 19.4 Å². The van der Waals surface area contributed by atoms with Gasteiger partial charge in [-0.15, -0.1) is 0 Å². The van der Waals surface area contributed by atoms with Gasteiger partial charge in [-0.25, -0.2) is 0 Å². The quantitative estimate of drug-likeness (QED) is 0.849. The molecule has 1 aromatic rings. The maximum absolute atomic E-state index is 5.64. The molecule has 0 aromatic carbocycles. The van der Waals surface area contributed by atoms with Crippen LogP contribution in [0.2, 0.25) is 0 Å². The predicted molar refractivity (Wildman–Crippen MR) is 76.8 cm³/mol. The summed E-state index contributed by atoms with van der Waals surface area (Å²) >= 11 is 0. The van der Waals surface area contributed by atoms with E-state index in [2.05, 4.69) is 15.2 Å². The summed E-state index contributed by atoms with van der Waals surface area (Å²) in [5.41, 5.74) is 2.17. The highest BCUT2D eigenvalue weighted by molar-refractivity contribution is 5.68. The average Bonchev–Trinajstić information content (AvgIpc) is 2.38. The molecule has 106 valence electrons. The van der Waals surface area contributed by atoms with E-state index in [0.29, 0.717) is 0 Å². The van der Waals surface area contributed by atoms with Gasteiger partial charge in [0.15, 0.2) is 0 Å². The third-order valence-electron chi connectivity index (χ3n) is 3.52. The molecule has 3 unspecified atom stereocenters. The van der Waals surface area contributed by atoms with Crippen molar-refractivity contribution in [2.75, 3.05) is 38.0 Å². The van der Waals surface area contributed by atoms with Gasteiger partial charge in [0.05, 0.1) is 29.7 Å². The third-order valence-corrected chi connectivity index (χ3v) is 3.52. The molecule has 0 aliphatic heterocycles. The van der Waals surface area contributed by atoms with E-state index in [1.54, 1.807) is 13.3 Å². The fourth-order valence-electron chi connectivity index (χ4n) is 2.50. The SMILES string of the molecule is CCOC1CC(Nc2cnccc2N(C)C)C1OC. The summed E-state index contributed by atoms with van der Waals surface area (Å²) in [6.07, 6.45) is 4.93. The van der Waals surface area contributed by atoms with E-state index in [1.165, 1.54) is 0 Å². The van der Waals surface area contributed by atoms with Crippen molar-refractivity contribution in [3.8, 4) is 0 Å². The Hall–Kier alpha value is -1.33. The summed E-state index contributed by atoms with van der Waals surface area (Å²) in [7, 11) is 5.79. The van der Waals surface area contributed by atoms with E-state index < -0.39 is 0 Å². The van der Waals surface area contributed by atoms with Crippen LogP contribution in [0.4, 0.5) is 11.4 Å². The normalized spacial score (nSPS) is 25.8. The second kappa shape index (κ2) is 6.21. The first-order chi connectivity index (χ1) is 9.17. The summed E-state index contributed by atoms with van der Waals surface area (Å²) < 4.78 is 11.2. The van der Waals surface area contributed by atoms with Crippen LogP contribution in [0.15, 0.2) is 18.5 Å². The molecule has 1 saturated carbocycles. The van der Waals surface area contributed by atoms with Crippen LogP contribution in [0, 0.1) is 0 Å². The summed E-state index contributed by atoms with van der Waals surface area (Å²) in [5.74, 6) is 0. The van der Waals surface area contributed by atoms with Crippen LogP contribution in [0.3, 0.4) is 0 Å². The van der Waals surface area contributed by atoms with Gasteiger partial charge in [-0.3, -0.25) is 4.98 Å². The number of ether oxygens (including phenoxy) is 2. The van der Waals surface area contributed by atoms with Crippen molar-refractivity contribution in [2.24, 2.45) is 0 Å². The Kier molecular flexibility index (Phi) is 4.61. The molecule has 1 N–H and O–H groups in total. The Morgan fingerprint density at radius 2 is 2.26 bits per heavy atom. The van der Waals surface area contributed by atoms with Crippen molar-refractivity contribution in [1.29, 1.82) is 0 Å². The Bertz CT molecular complexity index is 411. The summed E-state index contributed by atoms with van der Waals surface area (Å²) in [6, 6.07) is 2.28. The molecule has 0 bridgehead atoms. The second-order valence-electron chi connectivity index (χ2n) is 4.97. The van der Waals surface area contributed by atoms with Crippen LogP contribution in [0.5, 0.6) is 0 Å². The maximum atomic E-state index is 5.64. The van der Waals surface area contributed by atoms with Gasteiger partial charge in [0.25, 0.3) is 0 Å². The van der Waals surface area contributed by atoms with Crippen LogP contribution < -0.4 is 10.2 Å². The summed E-state index contributed by atoms with van der Waals surface area (Å²) in [6.45, 7) is 2.74. The molecule has 5 nitrogen and oxygen atoms in total. The lowest BCUT2D eigenvalue weighted by atomic mass is 9.85. The van der Waals surface area contributed by atoms with Crippen LogP contribution in [-0.4, -0.2) is 51.0 Å². The lowest BCUT2D eigenvalue weighted by molar-refractivity contribution is -0.118. The Balaban J connectivity index is 2.02. The molecule has 1 aliphatic carbocycles. The fourth-order valence-corrected chi connectivity index (χ4v) is 2.50. The van der Waals surface area contributed by atoms with Crippen molar-refractivity contribution in [3.05, 3.63) is 18.5 Å². The molecule has 5 heteroatoms. The zero-order valence-corrected chi connectivity index (χ0v) is 12.1. The largest absolute Gasteiger partial charge is 0.377 e. The van der Waals surface area contributed by atoms with Gasteiger partial charge >= 0.3 is 0 Å². The standard InChI is InChI=1S/C14H23N3O2/c1-5-19-13-8-10(14(13)18-4)16-11-9-15-7-6-12(11)17(2)3/h6-7,9-10,13-14,16H,5,8H2,1-4H3. The highest BCUT2D eigenvalue weighted by Crippen LogP contribution is 2.32. The number of nitrogens with zero attached hydrogens (tertiary/aromatic N) is 2. The lowest BCUT2D eigenvalue weighted by Crippen LogP contribution is -2.56. The number of pyridine rings is 1. The minimum Gasteiger partial charge on any atom is -0.377 e. The molecule has 1 aromatic heterocycles. The molecule has 0 saturated heterocycles. The number of anilines is 2. The van der Waals surface area contributed by atoms with E-state index in [-0.39, 0.29) is 18.2 Å². The van der Waals surface area contributed by atoms with Crippen molar-refractivity contribution >= 4 is 11.4 Å². The van der Waals surface area contributed by atoms with E-state index in [1.807, 2.05) is 33.3 Å². The molecule has 0 spiro atoms. The molecule has 19 heavy (non-hydrogen) atoms. The van der Waals surface area contributed by atoms with E-state index in [4.69, 9.17) is 9.47 Å². The highest BCUT2D eigenvalue weighted by Gasteiger charge is 2.42. The zero-order chi connectivity index (χ0) is 13.8. The first kappa shape index (κ1) is 14.1. The molecule has 1 aliphatic rings. The van der Waals surface area contributed by atoms with Crippen molar-refractivity contribution in [1.82, 2.24) is 4.98 Å².